The van der Waals surface area contributed by atoms with Crippen LogP contribution >= 0.6 is 11.8 Å². The molecular formula is C41H36IrN2S-2. The van der Waals surface area contributed by atoms with Gasteiger partial charge in [0.1, 0.15) is 0 Å². The number of aryl methyl sites for hydroxylation is 2. The first-order valence-corrected chi connectivity index (χ1v) is 15.8. The maximum atomic E-state index is 4.68. The second-order valence-corrected chi connectivity index (χ2v) is 13.6. The van der Waals surface area contributed by atoms with Crippen LogP contribution in [0.3, 0.4) is 0 Å². The molecule has 4 aromatic carbocycles. The van der Waals surface area contributed by atoms with Crippen LogP contribution in [-0.2, 0) is 26.5 Å². The molecule has 0 N–H and O–H groups in total. The van der Waals surface area contributed by atoms with E-state index in [1.54, 1.807) is 0 Å². The molecule has 0 unspecified atom stereocenters. The molecule has 1 aliphatic heterocycles. The summed E-state index contributed by atoms with van der Waals surface area (Å²) in [5.41, 5.74) is 13.2. The van der Waals surface area contributed by atoms with E-state index in [-0.39, 0.29) is 25.5 Å². The average Bonchev–Trinajstić information content (AvgIpc) is 3.17. The van der Waals surface area contributed by atoms with E-state index in [2.05, 4.69) is 123 Å². The van der Waals surface area contributed by atoms with E-state index in [0.29, 0.717) is 0 Å². The third kappa shape index (κ3) is 7.71. The minimum Gasteiger partial charge on any atom is -0.305 e. The number of fused-ring (bicyclic) bond motifs is 5. The van der Waals surface area contributed by atoms with Crippen molar-refractivity contribution >= 4 is 11.8 Å². The smallest absolute Gasteiger partial charge is 0.0190 e. The first-order valence-electron chi connectivity index (χ1n) is 15.0. The van der Waals surface area contributed by atoms with Crippen LogP contribution in [0.4, 0.5) is 0 Å². The Balaban J connectivity index is 0.000000240. The molecule has 227 valence electrons. The van der Waals surface area contributed by atoms with Crippen LogP contribution in [0.5, 0.6) is 0 Å². The van der Waals surface area contributed by atoms with Crippen LogP contribution in [0.2, 0.25) is 0 Å². The van der Waals surface area contributed by atoms with Crippen molar-refractivity contribution < 1.29 is 20.1 Å². The number of benzene rings is 4. The second kappa shape index (κ2) is 14.1. The van der Waals surface area contributed by atoms with E-state index < -0.39 is 0 Å². The van der Waals surface area contributed by atoms with Gasteiger partial charge in [-0.2, -0.15) is 0 Å². The summed E-state index contributed by atoms with van der Waals surface area (Å²) in [5, 5.41) is 0. The molecular weight excluding hydrogens is 745 g/mol. The largest absolute Gasteiger partial charge is 0.305 e. The van der Waals surface area contributed by atoms with Crippen molar-refractivity contribution in [2.45, 2.75) is 50.8 Å². The molecule has 1 aliphatic rings. The van der Waals surface area contributed by atoms with Crippen molar-refractivity contribution in [1.82, 2.24) is 9.97 Å². The normalized spacial score (nSPS) is 11.5. The fourth-order valence-electron chi connectivity index (χ4n) is 5.51. The molecule has 0 saturated carbocycles. The van der Waals surface area contributed by atoms with Gasteiger partial charge in [0.25, 0.3) is 0 Å². The van der Waals surface area contributed by atoms with Crippen molar-refractivity contribution in [3.8, 4) is 44.8 Å². The van der Waals surface area contributed by atoms with Crippen molar-refractivity contribution in [3.63, 3.8) is 0 Å². The number of rotatable bonds is 3. The van der Waals surface area contributed by atoms with E-state index in [1.807, 2.05) is 61.4 Å². The Hall–Kier alpha value is -3.82. The zero-order valence-electron chi connectivity index (χ0n) is 26.3. The van der Waals surface area contributed by atoms with E-state index in [9.17, 15) is 0 Å². The molecule has 0 saturated heterocycles. The summed E-state index contributed by atoms with van der Waals surface area (Å²) in [6.07, 6.45) is 4.83. The van der Waals surface area contributed by atoms with Gasteiger partial charge in [0.15, 0.2) is 0 Å². The molecule has 0 aliphatic carbocycles. The standard InChI is InChI=1S/C29H26NS.C12H10N.Ir/c1-19-8-7-11-24-22-9-5-6-10-23(22)25-17-21(12-13-27(25)31-28(19)24)26-16-20(14-15-30-26)18-29(2,3)4;1-10-7-8-12(13-9-10)11-5-3-2-4-6-11;/h5-11,13-17H,18H2,1-4H3;2-5,7-9H,1H3;/q2*-1;. The SMILES string of the molecule is Cc1ccc(-c2[c-]cccc2)nc1.Cc1cccc2c1Sc1c[c-]c(-c3cc(CC(C)(C)C)ccn3)cc1-c1ccccc1-2.[Ir]. The van der Waals surface area contributed by atoms with Crippen LogP contribution < -0.4 is 0 Å². The Morgan fingerprint density at radius 2 is 1.44 bits per heavy atom. The summed E-state index contributed by atoms with van der Waals surface area (Å²) < 4.78 is 0. The minimum atomic E-state index is 0. The summed E-state index contributed by atoms with van der Waals surface area (Å²) in [6, 6.07) is 42.7. The van der Waals surface area contributed by atoms with Crippen LogP contribution in [-0.4, -0.2) is 9.97 Å². The number of pyridine rings is 2. The molecule has 0 bridgehead atoms. The van der Waals surface area contributed by atoms with Crippen molar-refractivity contribution in [2.24, 2.45) is 5.41 Å². The first kappa shape index (κ1) is 32.6. The number of hydrogen-bond acceptors (Lipinski definition) is 3. The van der Waals surface area contributed by atoms with E-state index in [0.717, 1.165) is 28.9 Å². The monoisotopic (exact) mass is 781 g/mol. The average molecular weight is 781 g/mol. The zero-order chi connectivity index (χ0) is 30.7. The maximum Gasteiger partial charge on any atom is 0.0190 e. The predicted molar refractivity (Wildman–Crippen MR) is 185 cm³/mol. The molecule has 6 aromatic rings. The molecule has 2 aromatic heterocycles. The Morgan fingerprint density at radius 3 is 2.16 bits per heavy atom. The topological polar surface area (TPSA) is 25.8 Å². The summed E-state index contributed by atoms with van der Waals surface area (Å²) in [5.74, 6) is 0. The Morgan fingerprint density at radius 1 is 0.689 bits per heavy atom. The van der Waals surface area contributed by atoms with Gasteiger partial charge < -0.3 is 9.97 Å². The fourth-order valence-corrected chi connectivity index (χ4v) is 6.64. The van der Waals surface area contributed by atoms with Crippen molar-refractivity contribution in [1.29, 1.82) is 0 Å². The molecule has 2 nitrogen and oxygen atoms in total. The number of nitrogens with zero attached hydrogens (tertiary/aromatic N) is 2. The quantitative estimate of drug-likeness (QED) is 0.167. The van der Waals surface area contributed by atoms with Crippen LogP contribution in [0.25, 0.3) is 44.8 Å². The van der Waals surface area contributed by atoms with Gasteiger partial charge in [-0.05, 0) is 71.0 Å². The summed E-state index contributed by atoms with van der Waals surface area (Å²) >= 11 is 1.85. The number of aromatic nitrogens is 2. The molecule has 45 heavy (non-hydrogen) atoms. The molecule has 0 amide bonds. The van der Waals surface area contributed by atoms with E-state index in [1.165, 1.54) is 48.7 Å². The van der Waals surface area contributed by atoms with Crippen LogP contribution in [0.1, 0.15) is 37.5 Å². The Kier molecular flexibility index (Phi) is 10.2. The van der Waals surface area contributed by atoms with Crippen LogP contribution in [0, 0.1) is 31.4 Å². The van der Waals surface area contributed by atoms with Gasteiger partial charge >= 0.3 is 0 Å². The fraction of sp³-hybridized carbons (Fsp3) is 0.171. The minimum absolute atomic E-state index is 0. The van der Waals surface area contributed by atoms with Gasteiger partial charge in [-0.1, -0.05) is 97.5 Å². The van der Waals surface area contributed by atoms with Gasteiger partial charge in [-0.15, -0.1) is 71.4 Å². The van der Waals surface area contributed by atoms with Gasteiger partial charge in [-0.25, -0.2) is 0 Å². The molecule has 0 atom stereocenters. The second-order valence-electron chi connectivity index (χ2n) is 12.5. The summed E-state index contributed by atoms with van der Waals surface area (Å²) in [4.78, 5) is 11.6. The van der Waals surface area contributed by atoms with Gasteiger partial charge in [0, 0.05) is 37.4 Å². The van der Waals surface area contributed by atoms with Crippen LogP contribution in [0.15, 0.2) is 125 Å². The first-order chi connectivity index (χ1) is 21.2. The maximum absolute atomic E-state index is 4.68. The molecule has 4 heteroatoms. The van der Waals surface area contributed by atoms with E-state index >= 15 is 0 Å². The molecule has 3 heterocycles. The summed E-state index contributed by atoms with van der Waals surface area (Å²) in [7, 11) is 0. The van der Waals surface area contributed by atoms with Gasteiger partial charge in [0.2, 0.25) is 0 Å². The molecule has 7 rings (SSSR count). The van der Waals surface area contributed by atoms with Gasteiger partial charge in [0.05, 0.1) is 0 Å². The molecule has 1 radical (unpaired) electrons. The van der Waals surface area contributed by atoms with Crippen molar-refractivity contribution in [3.05, 3.63) is 144 Å². The predicted octanol–water partition coefficient (Wildman–Crippen LogP) is 11.1. The van der Waals surface area contributed by atoms with Crippen molar-refractivity contribution in [2.75, 3.05) is 0 Å². The third-order valence-corrected chi connectivity index (χ3v) is 8.88. The van der Waals surface area contributed by atoms with Gasteiger partial charge in [-0.3, -0.25) is 0 Å². The number of hydrogen-bond donors (Lipinski definition) is 0. The van der Waals surface area contributed by atoms with E-state index in [4.69, 9.17) is 0 Å². The zero-order valence-corrected chi connectivity index (χ0v) is 29.5. The molecule has 0 fully saturated rings. The Labute approximate surface area is 285 Å². The third-order valence-electron chi connectivity index (χ3n) is 7.58. The summed E-state index contributed by atoms with van der Waals surface area (Å²) in [6.45, 7) is 11.0. The molecule has 0 spiro atoms. The Bertz CT molecular complexity index is 1910.